The third-order valence-corrected chi connectivity index (χ3v) is 2.86. The van der Waals surface area contributed by atoms with Gasteiger partial charge in [-0.1, -0.05) is 20.3 Å². The zero-order valence-electron chi connectivity index (χ0n) is 12.6. The predicted octanol–water partition coefficient (Wildman–Crippen LogP) is 1.99. The number of amides is 2. The highest BCUT2D eigenvalue weighted by atomic mass is 16.5. The van der Waals surface area contributed by atoms with Crippen molar-refractivity contribution in [2.45, 2.75) is 46.0 Å². The number of unbranched alkanes of at least 4 members (excludes halogenated alkanes) is 1. The molecule has 0 radical (unpaired) electrons. The molecule has 0 aromatic heterocycles. The van der Waals surface area contributed by atoms with Crippen LogP contribution >= 0.6 is 0 Å². The van der Waals surface area contributed by atoms with Crippen LogP contribution in [0.2, 0.25) is 0 Å². The molecule has 1 atom stereocenters. The maximum Gasteiger partial charge on any atom is 0.314 e. The van der Waals surface area contributed by atoms with Gasteiger partial charge in [-0.3, -0.25) is 4.79 Å². The van der Waals surface area contributed by atoms with E-state index in [0.29, 0.717) is 26.1 Å². The van der Waals surface area contributed by atoms with Gasteiger partial charge in [0.1, 0.15) is 0 Å². The zero-order valence-corrected chi connectivity index (χ0v) is 12.6. The van der Waals surface area contributed by atoms with Crippen molar-refractivity contribution in [3.05, 3.63) is 0 Å². The second-order valence-electron chi connectivity index (χ2n) is 4.99. The first kappa shape index (κ1) is 18.7. The van der Waals surface area contributed by atoms with E-state index in [-0.39, 0.29) is 18.4 Å². The standard InChI is InChI=1S/C14H28N2O4/c1-3-4-9-20-10-5-8-15-14(19)16-11-12(2)6-7-13(17)18/h12H,3-11H2,1-2H3,(H,17,18)(H2,15,16,19). The number of carbonyl (C=O) groups excluding carboxylic acids is 1. The second-order valence-corrected chi connectivity index (χ2v) is 4.99. The van der Waals surface area contributed by atoms with Gasteiger partial charge in [-0.05, 0) is 25.2 Å². The summed E-state index contributed by atoms with van der Waals surface area (Å²) in [6.07, 6.45) is 3.70. The van der Waals surface area contributed by atoms with Gasteiger partial charge in [0.15, 0.2) is 0 Å². The van der Waals surface area contributed by atoms with Crippen molar-refractivity contribution in [2.75, 3.05) is 26.3 Å². The van der Waals surface area contributed by atoms with Gasteiger partial charge in [0.25, 0.3) is 0 Å². The van der Waals surface area contributed by atoms with Crippen LogP contribution in [0.25, 0.3) is 0 Å². The highest BCUT2D eigenvalue weighted by Crippen LogP contribution is 2.03. The molecule has 0 saturated carbocycles. The Bertz CT molecular complexity index is 272. The van der Waals surface area contributed by atoms with Crippen LogP contribution in [0, 0.1) is 5.92 Å². The molecule has 0 heterocycles. The number of carbonyl (C=O) groups is 2. The van der Waals surface area contributed by atoms with Gasteiger partial charge in [-0.25, -0.2) is 4.79 Å². The first-order valence-electron chi connectivity index (χ1n) is 7.37. The van der Waals surface area contributed by atoms with Crippen molar-refractivity contribution in [2.24, 2.45) is 5.92 Å². The van der Waals surface area contributed by atoms with Gasteiger partial charge < -0.3 is 20.5 Å². The summed E-state index contributed by atoms with van der Waals surface area (Å²) in [5.41, 5.74) is 0. The average molecular weight is 288 g/mol. The summed E-state index contributed by atoms with van der Waals surface area (Å²) in [6.45, 7) is 6.56. The largest absolute Gasteiger partial charge is 0.481 e. The molecule has 0 aliphatic rings. The Morgan fingerprint density at radius 1 is 1.20 bits per heavy atom. The molecule has 1 unspecified atom stereocenters. The zero-order chi connectivity index (χ0) is 15.2. The fourth-order valence-corrected chi connectivity index (χ4v) is 1.53. The summed E-state index contributed by atoms with van der Waals surface area (Å²) in [6, 6.07) is -0.208. The van der Waals surface area contributed by atoms with E-state index in [4.69, 9.17) is 9.84 Å². The second kappa shape index (κ2) is 12.7. The Kier molecular flexibility index (Phi) is 11.9. The molecule has 6 heteroatoms. The van der Waals surface area contributed by atoms with Crippen LogP contribution in [0.1, 0.15) is 46.0 Å². The van der Waals surface area contributed by atoms with Crippen molar-refractivity contribution in [3.63, 3.8) is 0 Å². The van der Waals surface area contributed by atoms with Crippen LogP contribution in [0.5, 0.6) is 0 Å². The molecule has 0 bridgehead atoms. The predicted molar refractivity (Wildman–Crippen MR) is 77.8 cm³/mol. The van der Waals surface area contributed by atoms with E-state index in [2.05, 4.69) is 17.6 Å². The normalized spacial score (nSPS) is 11.9. The minimum Gasteiger partial charge on any atom is -0.481 e. The summed E-state index contributed by atoms with van der Waals surface area (Å²) in [5.74, 6) is -0.640. The van der Waals surface area contributed by atoms with Crippen LogP contribution < -0.4 is 10.6 Å². The van der Waals surface area contributed by atoms with Crippen LogP contribution in [0.4, 0.5) is 4.79 Å². The van der Waals surface area contributed by atoms with Crippen LogP contribution in [0.3, 0.4) is 0 Å². The highest BCUT2D eigenvalue weighted by Gasteiger charge is 2.07. The molecule has 0 aromatic rings. The highest BCUT2D eigenvalue weighted by molar-refractivity contribution is 5.73. The third kappa shape index (κ3) is 13.1. The van der Waals surface area contributed by atoms with E-state index in [1.54, 1.807) is 0 Å². The molecule has 2 amide bonds. The van der Waals surface area contributed by atoms with Crippen LogP contribution in [0.15, 0.2) is 0 Å². The van der Waals surface area contributed by atoms with Crippen molar-refractivity contribution < 1.29 is 19.4 Å². The Balaban J connectivity index is 3.38. The summed E-state index contributed by atoms with van der Waals surface area (Å²) in [7, 11) is 0. The molecule has 118 valence electrons. The molecule has 0 rings (SSSR count). The van der Waals surface area contributed by atoms with Gasteiger partial charge in [0, 0.05) is 32.7 Å². The van der Waals surface area contributed by atoms with Crippen LogP contribution in [-0.4, -0.2) is 43.4 Å². The summed E-state index contributed by atoms with van der Waals surface area (Å²) >= 11 is 0. The van der Waals surface area contributed by atoms with Gasteiger partial charge in [0.2, 0.25) is 0 Å². The number of rotatable bonds is 12. The molecule has 0 aliphatic carbocycles. The lowest BCUT2D eigenvalue weighted by molar-refractivity contribution is -0.137. The Hall–Kier alpha value is -1.30. The van der Waals surface area contributed by atoms with Crippen LogP contribution in [-0.2, 0) is 9.53 Å². The topological polar surface area (TPSA) is 87.7 Å². The van der Waals surface area contributed by atoms with Crippen molar-refractivity contribution in [1.82, 2.24) is 10.6 Å². The Morgan fingerprint density at radius 2 is 1.90 bits per heavy atom. The SMILES string of the molecule is CCCCOCCCNC(=O)NCC(C)CCC(=O)O. The summed E-state index contributed by atoms with van der Waals surface area (Å²) in [4.78, 5) is 21.8. The van der Waals surface area contributed by atoms with E-state index in [0.717, 1.165) is 25.9 Å². The summed E-state index contributed by atoms with van der Waals surface area (Å²) < 4.78 is 5.38. The first-order chi connectivity index (χ1) is 9.56. The molecule has 0 aliphatic heterocycles. The Labute approximate surface area is 121 Å². The first-order valence-corrected chi connectivity index (χ1v) is 7.37. The van der Waals surface area contributed by atoms with E-state index >= 15 is 0 Å². The number of hydrogen-bond acceptors (Lipinski definition) is 3. The number of ether oxygens (including phenoxy) is 1. The number of aliphatic carboxylic acids is 1. The molecule has 20 heavy (non-hydrogen) atoms. The van der Waals surface area contributed by atoms with E-state index in [1.807, 2.05) is 6.92 Å². The van der Waals surface area contributed by atoms with Gasteiger partial charge in [0.05, 0.1) is 0 Å². The van der Waals surface area contributed by atoms with Gasteiger partial charge in [-0.15, -0.1) is 0 Å². The molecule has 0 saturated heterocycles. The fourth-order valence-electron chi connectivity index (χ4n) is 1.53. The van der Waals surface area contributed by atoms with Crippen molar-refractivity contribution >= 4 is 12.0 Å². The molecular formula is C14H28N2O4. The minimum absolute atomic E-state index is 0.138. The molecule has 6 nitrogen and oxygen atoms in total. The monoisotopic (exact) mass is 288 g/mol. The molecule has 0 fully saturated rings. The number of carboxylic acid groups (broad SMARTS) is 1. The van der Waals surface area contributed by atoms with Crippen molar-refractivity contribution in [1.29, 1.82) is 0 Å². The third-order valence-electron chi connectivity index (χ3n) is 2.86. The molecule has 0 spiro atoms. The maximum atomic E-state index is 11.4. The maximum absolute atomic E-state index is 11.4. The van der Waals surface area contributed by atoms with E-state index in [1.165, 1.54) is 0 Å². The molecule has 0 aromatic carbocycles. The number of urea groups is 1. The smallest absolute Gasteiger partial charge is 0.314 e. The Morgan fingerprint density at radius 3 is 2.55 bits per heavy atom. The number of carboxylic acids is 1. The van der Waals surface area contributed by atoms with E-state index < -0.39 is 5.97 Å². The lowest BCUT2D eigenvalue weighted by Gasteiger charge is -2.12. The molecule has 3 N–H and O–H groups in total. The van der Waals surface area contributed by atoms with Gasteiger partial charge >= 0.3 is 12.0 Å². The lowest BCUT2D eigenvalue weighted by Crippen LogP contribution is -2.38. The fraction of sp³-hybridized carbons (Fsp3) is 0.857. The quantitative estimate of drug-likeness (QED) is 0.479. The lowest BCUT2D eigenvalue weighted by atomic mass is 10.1. The molecular weight excluding hydrogens is 260 g/mol. The van der Waals surface area contributed by atoms with Crippen molar-refractivity contribution in [3.8, 4) is 0 Å². The minimum atomic E-state index is -0.802. The van der Waals surface area contributed by atoms with Gasteiger partial charge in [-0.2, -0.15) is 0 Å². The van der Waals surface area contributed by atoms with E-state index in [9.17, 15) is 9.59 Å². The number of nitrogens with one attached hydrogen (secondary N) is 2. The average Bonchev–Trinajstić information content (AvgIpc) is 2.41. The summed E-state index contributed by atoms with van der Waals surface area (Å²) in [5, 5.41) is 14.0. The number of hydrogen-bond donors (Lipinski definition) is 3.